The molecule has 8 nitrogen and oxygen atoms in total. The van der Waals surface area contributed by atoms with Gasteiger partial charge in [0.25, 0.3) is 5.69 Å². The first-order chi connectivity index (χ1) is 13.0. The van der Waals surface area contributed by atoms with E-state index in [-0.39, 0.29) is 17.4 Å². The average Bonchev–Trinajstić information content (AvgIpc) is 2.61. The summed E-state index contributed by atoms with van der Waals surface area (Å²) >= 11 is 0. The summed E-state index contributed by atoms with van der Waals surface area (Å²) in [5, 5.41) is 13.8. The normalized spacial score (nSPS) is 13.4. The number of sulfonamides is 1. The molecular weight excluding hydrogens is 382 g/mol. The molecule has 0 unspecified atom stereocenters. The topological polar surface area (TPSA) is 110 Å². The second kappa shape index (κ2) is 8.39. The molecule has 1 amide bonds. The number of rotatable bonds is 7. The highest BCUT2D eigenvalue weighted by Crippen LogP contribution is 2.25. The average molecular weight is 405 g/mol. The number of nitro benzene ring substituents is 1. The van der Waals surface area contributed by atoms with E-state index in [2.05, 4.69) is 5.32 Å². The van der Waals surface area contributed by atoms with Crippen LogP contribution in [0.3, 0.4) is 0 Å². The number of carbonyl (C=O) groups is 1. The van der Waals surface area contributed by atoms with Gasteiger partial charge in [-0.3, -0.25) is 19.2 Å². The Hall–Kier alpha value is -2.94. The SMILES string of the molecule is Cc1ccc([C@H](C)NC(=O)[C@@H](C)N(c2cccc([N+](=O)[O-])c2)S(C)(=O)=O)cc1. The van der Waals surface area contributed by atoms with E-state index in [0.717, 1.165) is 27.8 Å². The van der Waals surface area contributed by atoms with Crippen LogP contribution in [0.2, 0.25) is 0 Å². The molecule has 0 saturated heterocycles. The van der Waals surface area contributed by atoms with E-state index in [1.807, 2.05) is 31.2 Å². The van der Waals surface area contributed by atoms with Crippen LogP contribution >= 0.6 is 0 Å². The molecule has 150 valence electrons. The molecule has 0 bridgehead atoms. The molecule has 1 N–H and O–H groups in total. The van der Waals surface area contributed by atoms with Crippen LogP contribution in [0.25, 0.3) is 0 Å². The molecule has 0 heterocycles. The fourth-order valence-corrected chi connectivity index (χ4v) is 3.99. The van der Waals surface area contributed by atoms with Gasteiger partial charge in [0.1, 0.15) is 6.04 Å². The summed E-state index contributed by atoms with van der Waals surface area (Å²) in [5.41, 5.74) is 1.77. The first kappa shape index (κ1) is 21.4. The Morgan fingerprint density at radius 3 is 2.29 bits per heavy atom. The standard InChI is InChI=1S/C19H23N3O5S/c1-13-8-10-16(11-9-13)14(2)20-19(23)15(3)21(28(4,26)27)17-6-5-7-18(12-17)22(24)25/h5-12,14-15H,1-4H3,(H,20,23)/t14-,15+/m0/s1. The fourth-order valence-electron chi connectivity index (χ4n) is 2.82. The molecule has 0 aliphatic heterocycles. The van der Waals surface area contributed by atoms with E-state index < -0.39 is 26.9 Å². The number of benzene rings is 2. The quantitative estimate of drug-likeness (QED) is 0.563. The third-order valence-corrected chi connectivity index (χ3v) is 5.56. The molecule has 9 heteroatoms. The molecule has 0 radical (unpaired) electrons. The molecule has 0 aromatic heterocycles. The van der Waals surface area contributed by atoms with Crippen LogP contribution in [0.4, 0.5) is 11.4 Å². The van der Waals surface area contributed by atoms with E-state index in [4.69, 9.17) is 0 Å². The Morgan fingerprint density at radius 2 is 1.75 bits per heavy atom. The molecule has 0 fully saturated rings. The summed E-state index contributed by atoms with van der Waals surface area (Å²) in [6, 6.07) is 11.4. The van der Waals surface area contributed by atoms with Gasteiger partial charge in [0, 0.05) is 12.1 Å². The maximum absolute atomic E-state index is 12.7. The highest BCUT2D eigenvalue weighted by atomic mass is 32.2. The number of hydrogen-bond donors (Lipinski definition) is 1. The number of nitrogens with zero attached hydrogens (tertiary/aromatic N) is 2. The molecule has 28 heavy (non-hydrogen) atoms. The predicted molar refractivity (Wildman–Crippen MR) is 108 cm³/mol. The van der Waals surface area contributed by atoms with Crippen LogP contribution < -0.4 is 9.62 Å². The zero-order valence-corrected chi connectivity index (χ0v) is 16.9. The Morgan fingerprint density at radius 1 is 1.14 bits per heavy atom. The van der Waals surface area contributed by atoms with Crippen molar-refractivity contribution in [1.82, 2.24) is 5.32 Å². The summed E-state index contributed by atoms with van der Waals surface area (Å²) in [4.78, 5) is 23.1. The van der Waals surface area contributed by atoms with Crippen LogP contribution in [0.15, 0.2) is 48.5 Å². The van der Waals surface area contributed by atoms with Crippen LogP contribution in [0.1, 0.15) is 31.0 Å². The van der Waals surface area contributed by atoms with Crippen molar-refractivity contribution in [1.29, 1.82) is 0 Å². The van der Waals surface area contributed by atoms with Gasteiger partial charge in [-0.2, -0.15) is 0 Å². The van der Waals surface area contributed by atoms with E-state index in [1.165, 1.54) is 25.1 Å². The van der Waals surface area contributed by atoms with Crippen molar-refractivity contribution >= 4 is 27.3 Å². The maximum atomic E-state index is 12.7. The maximum Gasteiger partial charge on any atom is 0.271 e. The number of hydrogen-bond acceptors (Lipinski definition) is 5. The lowest BCUT2D eigenvalue weighted by Crippen LogP contribution is -2.48. The molecule has 0 spiro atoms. The van der Waals surface area contributed by atoms with Crippen LogP contribution in [0, 0.1) is 17.0 Å². The summed E-state index contributed by atoms with van der Waals surface area (Å²) in [6.07, 6.45) is 0.957. The minimum absolute atomic E-state index is 0.0577. The fraction of sp³-hybridized carbons (Fsp3) is 0.316. The van der Waals surface area contributed by atoms with Crippen LogP contribution in [-0.2, 0) is 14.8 Å². The number of aryl methyl sites for hydroxylation is 1. The van der Waals surface area contributed by atoms with Crippen LogP contribution in [0.5, 0.6) is 0 Å². The number of nitrogens with one attached hydrogen (secondary N) is 1. The molecule has 0 saturated carbocycles. The zero-order chi connectivity index (χ0) is 21.1. The minimum Gasteiger partial charge on any atom is -0.348 e. The Kier molecular flexibility index (Phi) is 6.40. The molecule has 0 aliphatic rings. The number of anilines is 1. The van der Waals surface area contributed by atoms with Gasteiger partial charge >= 0.3 is 0 Å². The summed E-state index contributed by atoms with van der Waals surface area (Å²) in [6.45, 7) is 5.20. The Labute approximate surface area is 164 Å². The van der Waals surface area contributed by atoms with E-state index >= 15 is 0 Å². The summed E-state index contributed by atoms with van der Waals surface area (Å²) in [5.74, 6) is -0.509. The van der Waals surface area contributed by atoms with Gasteiger partial charge in [-0.05, 0) is 32.4 Å². The minimum atomic E-state index is -3.86. The monoisotopic (exact) mass is 405 g/mol. The van der Waals surface area contributed by atoms with Crippen molar-refractivity contribution in [2.24, 2.45) is 0 Å². The van der Waals surface area contributed by atoms with Crippen molar-refractivity contribution < 1.29 is 18.1 Å². The number of nitro groups is 1. The van der Waals surface area contributed by atoms with Gasteiger partial charge in [0.15, 0.2) is 0 Å². The van der Waals surface area contributed by atoms with Crippen molar-refractivity contribution in [3.63, 3.8) is 0 Å². The highest BCUT2D eigenvalue weighted by molar-refractivity contribution is 7.92. The zero-order valence-electron chi connectivity index (χ0n) is 16.1. The van der Waals surface area contributed by atoms with Crippen LogP contribution in [-0.4, -0.2) is 31.5 Å². The van der Waals surface area contributed by atoms with Crippen molar-refractivity contribution in [3.05, 3.63) is 69.8 Å². The molecule has 0 aliphatic carbocycles. The number of amides is 1. The predicted octanol–water partition coefficient (Wildman–Crippen LogP) is 2.94. The third-order valence-electron chi connectivity index (χ3n) is 4.32. The van der Waals surface area contributed by atoms with Gasteiger partial charge in [0.05, 0.1) is 22.9 Å². The van der Waals surface area contributed by atoms with Gasteiger partial charge in [0.2, 0.25) is 15.9 Å². The first-order valence-corrected chi connectivity index (χ1v) is 10.5. The molecule has 2 rings (SSSR count). The lowest BCUT2D eigenvalue weighted by atomic mass is 10.1. The number of non-ortho nitro benzene ring substituents is 1. The van der Waals surface area contributed by atoms with E-state index in [0.29, 0.717) is 0 Å². The Balaban J connectivity index is 2.29. The largest absolute Gasteiger partial charge is 0.348 e. The first-order valence-electron chi connectivity index (χ1n) is 8.61. The second-order valence-electron chi connectivity index (χ2n) is 6.65. The van der Waals surface area contributed by atoms with Crippen molar-refractivity contribution in [2.45, 2.75) is 32.9 Å². The number of carbonyl (C=O) groups excluding carboxylic acids is 1. The molecule has 2 aromatic carbocycles. The molecule has 2 aromatic rings. The summed E-state index contributed by atoms with van der Waals surface area (Å²) in [7, 11) is -3.86. The van der Waals surface area contributed by atoms with E-state index in [9.17, 15) is 23.3 Å². The molecular formula is C19H23N3O5S. The van der Waals surface area contributed by atoms with Crippen molar-refractivity contribution in [2.75, 3.05) is 10.6 Å². The lowest BCUT2D eigenvalue weighted by Gasteiger charge is -2.29. The molecule has 2 atom stereocenters. The highest BCUT2D eigenvalue weighted by Gasteiger charge is 2.30. The Bertz CT molecular complexity index is 973. The smallest absolute Gasteiger partial charge is 0.271 e. The summed E-state index contributed by atoms with van der Waals surface area (Å²) < 4.78 is 25.5. The third kappa shape index (κ3) is 5.07. The van der Waals surface area contributed by atoms with Gasteiger partial charge in [-0.1, -0.05) is 35.9 Å². The van der Waals surface area contributed by atoms with E-state index in [1.54, 1.807) is 6.92 Å². The van der Waals surface area contributed by atoms with Gasteiger partial charge in [-0.15, -0.1) is 0 Å². The second-order valence-corrected chi connectivity index (χ2v) is 8.51. The van der Waals surface area contributed by atoms with Gasteiger partial charge < -0.3 is 5.32 Å². The van der Waals surface area contributed by atoms with Crippen molar-refractivity contribution in [3.8, 4) is 0 Å². The lowest BCUT2D eigenvalue weighted by molar-refractivity contribution is -0.384. The van der Waals surface area contributed by atoms with Gasteiger partial charge in [-0.25, -0.2) is 8.42 Å².